The zero-order chi connectivity index (χ0) is 16.2. The number of ether oxygens (including phenoxy) is 3. The average Bonchev–Trinajstić information content (AvgIpc) is 2.47. The summed E-state index contributed by atoms with van der Waals surface area (Å²) in [5.74, 6) is 3.36. The molecule has 2 rings (SSSR count). The van der Waals surface area contributed by atoms with Gasteiger partial charge in [-0.1, -0.05) is 5.92 Å². The Balaban J connectivity index is 2.41. The molecule has 1 aromatic carbocycles. The quantitative estimate of drug-likeness (QED) is 0.818. The first-order chi connectivity index (χ1) is 10.5. The van der Waals surface area contributed by atoms with Crippen LogP contribution in [0.2, 0.25) is 0 Å². The van der Waals surface area contributed by atoms with Crippen LogP contribution in [-0.2, 0) is 9.47 Å². The summed E-state index contributed by atoms with van der Waals surface area (Å²) in [5, 5.41) is 3.31. The SMILES string of the molecule is C#CCOC1C(OCC)c2cc(NCC)ccc2OC1(C)C. The van der Waals surface area contributed by atoms with Gasteiger partial charge >= 0.3 is 0 Å². The molecule has 0 aromatic heterocycles. The molecule has 22 heavy (non-hydrogen) atoms. The Kier molecular flexibility index (Phi) is 5.33. The fourth-order valence-electron chi connectivity index (χ4n) is 2.83. The van der Waals surface area contributed by atoms with Gasteiger partial charge in [0.15, 0.2) is 0 Å². The van der Waals surface area contributed by atoms with Crippen LogP contribution in [0.15, 0.2) is 18.2 Å². The molecule has 2 atom stereocenters. The number of hydrogen-bond donors (Lipinski definition) is 1. The van der Waals surface area contributed by atoms with Gasteiger partial charge in [0.05, 0.1) is 0 Å². The van der Waals surface area contributed by atoms with Gasteiger partial charge in [0.1, 0.15) is 30.2 Å². The minimum atomic E-state index is -0.511. The second-order valence-corrected chi connectivity index (χ2v) is 5.80. The highest BCUT2D eigenvalue weighted by molar-refractivity contribution is 5.53. The largest absolute Gasteiger partial charge is 0.485 e. The van der Waals surface area contributed by atoms with Crippen molar-refractivity contribution in [3.05, 3.63) is 23.8 Å². The van der Waals surface area contributed by atoms with Gasteiger partial charge < -0.3 is 19.5 Å². The summed E-state index contributed by atoms with van der Waals surface area (Å²) in [4.78, 5) is 0. The van der Waals surface area contributed by atoms with Crippen LogP contribution in [0.3, 0.4) is 0 Å². The first-order valence-electron chi connectivity index (χ1n) is 7.77. The third-order valence-electron chi connectivity index (χ3n) is 3.72. The van der Waals surface area contributed by atoms with E-state index in [0.717, 1.165) is 23.5 Å². The van der Waals surface area contributed by atoms with E-state index in [1.165, 1.54) is 0 Å². The van der Waals surface area contributed by atoms with Crippen molar-refractivity contribution < 1.29 is 14.2 Å². The van der Waals surface area contributed by atoms with Gasteiger partial charge in [-0.25, -0.2) is 0 Å². The molecule has 0 saturated heterocycles. The Morgan fingerprint density at radius 1 is 1.32 bits per heavy atom. The van der Waals surface area contributed by atoms with E-state index in [1.54, 1.807) is 0 Å². The molecule has 0 bridgehead atoms. The van der Waals surface area contributed by atoms with E-state index in [1.807, 2.05) is 32.9 Å². The lowest BCUT2D eigenvalue weighted by Crippen LogP contribution is -2.51. The van der Waals surface area contributed by atoms with Gasteiger partial charge in [-0.05, 0) is 45.9 Å². The summed E-state index contributed by atoms with van der Waals surface area (Å²) < 4.78 is 18.0. The van der Waals surface area contributed by atoms with Crippen molar-refractivity contribution in [2.75, 3.05) is 25.1 Å². The lowest BCUT2D eigenvalue weighted by atomic mass is 9.88. The molecule has 0 saturated carbocycles. The van der Waals surface area contributed by atoms with Crippen molar-refractivity contribution in [2.45, 2.75) is 45.5 Å². The van der Waals surface area contributed by atoms with E-state index < -0.39 is 5.60 Å². The smallest absolute Gasteiger partial charge is 0.132 e. The fraction of sp³-hybridized carbons (Fsp3) is 0.556. The summed E-state index contributed by atoms with van der Waals surface area (Å²) in [6.07, 6.45) is 4.89. The molecule has 1 heterocycles. The molecule has 0 aliphatic carbocycles. The Morgan fingerprint density at radius 2 is 2.09 bits per heavy atom. The molecule has 0 fully saturated rings. The minimum absolute atomic E-state index is 0.198. The molecular formula is C18H25NO3. The van der Waals surface area contributed by atoms with Gasteiger partial charge in [0.2, 0.25) is 0 Å². The molecular weight excluding hydrogens is 278 g/mol. The van der Waals surface area contributed by atoms with Gasteiger partial charge in [-0.3, -0.25) is 0 Å². The first kappa shape index (κ1) is 16.7. The maximum absolute atomic E-state index is 6.14. The third-order valence-corrected chi connectivity index (χ3v) is 3.72. The van der Waals surface area contributed by atoms with E-state index in [4.69, 9.17) is 20.6 Å². The summed E-state index contributed by atoms with van der Waals surface area (Å²) in [5.41, 5.74) is 1.54. The monoisotopic (exact) mass is 303 g/mol. The molecule has 0 spiro atoms. The molecule has 4 nitrogen and oxygen atoms in total. The fourth-order valence-corrected chi connectivity index (χ4v) is 2.83. The standard InChI is InChI=1S/C18H25NO3/c1-6-11-21-17-16(20-8-3)14-12-13(19-7-2)9-10-15(14)22-18(17,4)5/h1,9-10,12,16-17,19H,7-8,11H2,2-5H3. The second kappa shape index (κ2) is 7.04. The molecule has 1 N–H and O–H groups in total. The molecule has 0 radical (unpaired) electrons. The highest BCUT2D eigenvalue weighted by atomic mass is 16.6. The van der Waals surface area contributed by atoms with Crippen LogP contribution >= 0.6 is 0 Å². The molecule has 120 valence electrons. The Bertz CT molecular complexity index is 548. The zero-order valence-corrected chi connectivity index (χ0v) is 13.8. The highest BCUT2D eigenvalue weighted by Gasteiger charge is 2.45. The van der Waals surface area contributed by atoms with Crippen molar-refractivity contribution >= 4 is 5.69 Å². The van der Waals surface area contributed by atoms with Crippen molar-refractivity contribution in [1.82, 2.24) is 0 Å². The number of rotatable bonds is 6. The highest BCUT2D eigenvalue weighted by Crippen LogP contribution is 2.44. The van der Waals surface area contributed by atoms with Crippen LogP contribution in [0, 0.1) is 12.3 Å². The number of benzene rings is 1. The normalized spacial score (nSPS) is 22.3. The van der Waals surface area contributed by atoms with Crippen molar-refractivity contribution in [3.63, 3.8) is 0 Å². The predicted molar refractivity (Wildman–Crippen MR) is 88.3 cm³/mol. The molecule has 2 unspecified atom stereocenters. The van der Waals surface area contributed by atoms with Gasteiger partial charge in [0.25, 0.3) is 0 Å². The molecule has 1 aromatic rings. The molecule has 4 heteroatoms. The van der Waals surface area contributed by atoms with Crippen LogP contribution in [0.1, 0.15) is 39.4 Å². The maximum atomic E-state index is 6.14. The van der Waals surface area contributed by atoms with E-state index in [0.29, 0.717) is 6.61 Å². The van der Waals surface area contributed by atoms with E-state index in [-0.39, 0.29) is 18.8 Å². The Morgan fingerprint density at radius 3 is 2.73 bits per heavy atom. The van der Waals surface area contributed by atoms with Crippen LogP contribution in [0.4, 0.5) is 5.69 Å². The number of hydrogen-bond acceptors (Lipinski definition) is 4. The van der Waals surface area contributed by atoms with Crippen molar-refractivity contribution in [2.24, 2.45) is 0 Å². The predicted octanol–water partition coefficient (Wildman–Crippen LogP) is 3.39. The first-order valence-corrected chi connectivity index (χ1v) is 7.77. The third kappa shape index (κ3) is 3.37. The second-order valence-electron chi connectivity index (χ2n) is 5.80. The van der Waals surface area contributed by atoms with Crippen LogP contribution in [0.5, 0.6) is 5.75 Å². The number of fused-ring (bicyclic) bond motifs is 1. The Labute approximate surface area is 133 Å². The van der Waals surface area contributed by atoms with E-state index >= 15 is 0 Å². The average molecular weight is 303 g/mol. The van der Waals surface area contributed by atoms with Crippen LogP contribution < -0.4 is 10.1 Å². The molecule has 1 aliphatic heterocycles. The van der Waals surface area contributed by atoms with Gasteiger partial charge in [-0.2, -0.15) is 0 Å². The maximum Gasteiger partial charge on any atom is 0.132 e. The number of nitrogens with one attached hydrogen (secondary N) is 1. The lowest BCUT2D eigenvalue weighted by molar-refractivity contribution is -0.154. The van der Waals surface area contributed by atoms with Crippen molar-refractivity contribution in [3.8, 4) is 18.1 Å². The Hall–Kier alpha value is -1.70. The lowest BCUT2D eigenvalue weighted by Gasteiger charge is -2.44. The number of anilines is 1. The van der Waals surface area contributed by atoms with E-state index in [2.05, 4.69) is 24.2 Å². The topological polar surface area (TPSA) is 39.7 Å². The summed E-state index contributed by atoms with van der Waals surface area (Å²) in [6, 6.07) is 6.07. The molecule has 1 aliphatic rings. The zero-order valence-electron chi connectivity index (χ0n) is 13.8. The summed E-state index contributed by atoms with van der Waals surface area (Å²) >= 11 is 0. The molecule has 0 amide bonds. The van der Waals surface area contributed by atoms with Crippen molar-refractivity contribution in [1.29, 1.82) is 0 Å². The minimum Gasteiger partial charge on any atom is -0.485 e. The van der Waals surface area contributed by atoms with E-state index in [9.17, 15) is 0 Å². The van der Waals surface area contributed by atoms with Gasteiger partial charge in [-0.15, -0.1) is 6.42 Å². The summed E-state index contributed by atoms with van der Waals surface area (Å²) in [6.45, 7) is 9.75. The van der Waals surface area contributed by atoms with Gasteiger partial charge in [0, 0.05) is 24.4 Å². The number of terminal acetylenes is 1. The summed E-state index contributed by atoms with van der Waals surface area (Å²) in [7, 11) is 0. The van der Waals surface area contributed by atoms with Crippen LogP contribution in [0.25, 0.3) is 0 Å². The van der Waals surface area contributed by atoms with Crippen LogP contribution in [-0.4, -0.2) is 31.5 Å².